The molecule has 0 saturated heterocycles. The van der Waals surface area contributed by atoms with E-state index >= 15 is 0 Å². The number of esters is 1. The summed E-state index contributed by atoms with van der Waals surface area (Å²) in [6, 6.07) is -0.453. The lowest BCUT2D eigenvalue weighted by Crippen LogP contribution is -2.32. The van der Waals surface area contributed by atoms with Crippen LogP contribution in [0.1, 0.15) is 46.0 Å². The second-order valence-electron chi connectivity index (χ2n) is 4.47. The normalized spacial score (nSPS) is 12.8. The summed E-state index contributed by atoms with van der Waals surface area (Å²) in [5.41, 5.74) is 5.67. The molecule has 0 rings (SSSR count). The van der Waals surface area contributed by atoms with Crippen LogP contribution in [0.4, 0.5) is 0 Å². The number of nitrogens with two attached hydrogens (primary N) is 1. The summed E-state index contributed by atoms with van der Waals surface area (Å²) in [6.45, 7) is 7.84. The zero-order valence-electron chi connectivity index (χ0n) is 11.6. The van der Waals surface area contributed by atoms with Gasteiger partial charge in [-0.15, -0.1) is 0 Å². The molecule has 0 radical (unpaired) electrons. The summed E-state index contributed by atoms with van der Waals surface area (Å²) >= 11 is 0. The maximum absolute atomic E-state index is 11.1. The average Bonchev–Trinajstić information content (AvgIpc) is 2.33. The van der Waals surface area contributed by atoms with Crippen molar-refractivity contribution in [2.24, 2.45) is 5.73 Å². The SMILES string of the molecule is CCCN(CCC)CCCCC(N)C(=O)OC. The fourth-order valence-electron chi connectivity index (χ4n) is 1.94. The molecule has 102 valence electrons. The van der Waals surface area contributed by atoms with Crippen molar-refractivity contribution in [3.8, 4) is 0 Å². The van der Waals surface area contributed by atoms with Crippen LogP contribution in [-0.2, 0) is 9.53 Å². The third kappa shape index (κ3) is 8.16. The number of unbranched alkanes of at least 4 members (excludes halogenated alkanes) is 1. The van der Waals surface area contributed by atoms with Crippen molar-refractivity contribution < 1.29 is 9.53 Å². The number of ether oxygens (including phenoxy) is 1. The number of methoxy groups -OCH3 is 1. The molecule has 0 heterocycles. The van der Waals surface area contributed by atoms with Gasteiger partial charge in [0.15, 0.2) is 0 Å². The van der Waals surface area contributed by atoms with Gasteiger partial charge < -0.3 is 15.4 Å². The predicted molar refractivity (Wildman–Crippen MR) is 70.9 cm³/mol. The largest absolute Gasteiger partial charge is 0.468 e. The lowest BCUT2D eigenvalue weighted by atomic mass is 10.1. The minimum atomic E-state index is -0.453. The number of hydrogen-bond donors (Lipinski definition) is 1. The number of carbonyl (C=O) groups is 1. The van der Waals surface area contributed by atoms with Crippen LogP contribution in [0.15, 0.2) is 0 Å². The van der Waals surface area contributed by atoms with Crippen molar-refractivity contribution in [2.45, 2.75) is 52.0 Å². The Morgan fingerprint density at radius 2 is 1.76 bits per heavy atom. The van der Waals surface area contributed by atoms with Gasteiger partial charge in [-0.25, -0.2) is 0 Å². The number of rotatable bonds is 10. The van der Waals surface area contributed by atoms with Gasteiger partial charge in [-0.3, -0.25) is 4.79 Å². The highest BCUT2D eigenvalue weighted by Gasteiger charge is 2.12. The number of nitrogens with zero attached hydrogens (tertiary/aromatic N) is 1. The molecule has 0 fully saturated rings. The van der Waals surface area contributed by atoms with Gasteiger partial charge in [-0.2, -0.15) is 0 Å². The Morgan fingerprint density at radius 1 is 1.18 bits per heavy atom. The van der Waals surface area contributed by atoms with Gasteiger partial charge in [-0.1, -0.05) is 20.3 Å². The summed E-state index contributed by atoms with van der Waals surface area (Å²) in [5.74, 6) is -0.302. The summed E-state index contributed by atoms with van der Waals surface area (Å²) in [6.07, 6.45) is 5.20. The fraction of sp³-hybridized carbons (Fsp3) is 0.923. The van der Waals surface area contributed by atoms with E-state index in [9.17, 15) is 4.79 Å². The molecule has 1 atom stereocenters. The Labute approximate surface area is 105 Å². The molecule has 0 amide bonds. The van der Waals surface area contributed by atoms with Gasteiger partial charge in [0.25, 0.3) is 0 Å². The molecule has 1 unspecified atom stereocenters. The smallest absolute Gasteiger partial charge is 0.322 e. The van der Waals surface area contributed by atoms with Crippen molar-refractivity contribution >= 4 is 5.97 Å². The third-order valence-corrected chi connectivity index (χ3v) is 2.82. The Balaban J connectivity index is 3.63. The van der Waals surface area contributed by atoms with Gasteiger partial charge in [0.05, 0.1) is 7.11 Å². The molecule has 17 heavy (non-hydrogen) atoms. The molecule has 0 aromatic carbocycles. The Morgan fingerprint density at radius 3 is 2.24 bits per heavy atom. The highest BCUT2D eigenvalue weighted by Crippen LogP contribution is 2.03. The van der Waals surface area contributed by atoms with Crippen LogP contribution in [-0.4, -0.2) is 43.7 Å². The van der Waals surface area contributed by atoms with Crippen LogP contribution in [0, 0.1) is 0 Å². The molecule has 0 aliphatic carbocycles. The second kappa shape index (κ2) is 10.5. The van der Waals surface area contributed by atoms with Gasteiger partial charge in [0.2, 0.25) is 0 Å². The maximum atomic E-state index is 11.1. The third-order valence-electron chi connectivity index (χ3n) is 2.82. The van der Waals surface area contributed by atoms with E-state index in [0.29, 0.717) is 0 Å². The van der Waals surface area contributed by atoms with Crippen LogP contribution in [0.5, 0.6) is 0 Å². The van der Waals surface area contributed by atoms with E-state index in [-0.39, 0.29) is 5.97 Å². The quantitative estimate of drug-likeness (QED) is 0.470. The van der Waals surface area contributed by atoms with Crippen LogP contribution in [0.3, 0.4) is 0 Å². The van der Waals surface area contributed by atoms with Crippen LogP contribution in [0.2, 0.25) is 0 Å². The minimum absolute atomic E-state index is 0.302. The van der Waals surface area contributed by atoms with E-state index in [0.717, 1.165) is 38.9 Å². The van der Waals surface area contributed by atoms with Crippen molar-refractivity contribution in [2.75, 3.05) is 26.7 Å². The average molecular weight is 244 g/mol. The molecular weight excluding hydrogens is 216 g/mol. The van der Waals surface area contributed by atoms with E-state index in [1.54, 1.807) is 0 Å². The first kappa shape index (κ1) is 16.4. The van der Waals surface area contributed by atoms with Crippen molar-refractivity contribution in [1.82, 2.24) is 4.90 Å². The fourth-order valence-corrected chi connectivity index (χ4v) is 1.94. The highest BCUT2D eigenvalue weighted by molar-refractivity contribution is 5.75. The first-order chi connectivity index (χ1) is 8.15. The van der Waals surface area contributed by atoms with E-state index in [2.05, 4.69) is 23.5 Å². The van der Waals surface area contributed by atoms with Gasteiger partial charge >= 0.3 is 5.97 Å². The molecule has 0 bridgehead atoms. The Hall–Kier alpha value is -0.610. The zero-order chi connectivity index (χ0) is 13.1. The molecular formula is C13H28N2O2. The van der Waals surface area contributed by atoms with E-state index in [4.69, 9.17) is 5.73 Å². The van der Waals surface area contributed by atoms with Crippen molar-refractivity contribution in [3.05, 3.63) is 0 Å². The molecule has 0 saturated carbocycles. The van der Waals surface area contributed by atoms with Crippen LogP contribution < -0.4 is 5.73 Å². The standard InChI is InChI=1S/C13H28N2O2/c1-4-9-15(10-5-2)11-7-6-8-12(14)13(16)17-3/h12H,4-11,14H2,1-3H3. The van der Waals surface area contributed by atoms with Crippen LogP contribution >= 0.6 is 0 Å². The van der Waals surface area contributed by atoms with E-state index in [1.807, 2.05) is 0 Å². The Bertz CT molecular complexity index is 192. The summed E-state index contributed by atoms with van der Waals surface area (Å²) < 4.78 is 4.59. The summed E-state index contributed by atoms with van der Waals surface area (Å²) in [7, 11) is 1.38. The van der Waals surface area contributed by atoms with Gasteiger partial charge in [0.1, 0.15) is 6.04 Å². The molecule has 0 spiro atoms. The highest BCUT2D eigenvalue weighted by atomic mass is 16.5. The van der Waals surface area contributed by atoms with Gasteiger partial charge in [0, 0.05) is 0 Å². The number of carbonyl (C=O) groups excluding carboxylic acids is 1. The van der Waals surface area contributed by atoms with E-state index < -0.39 is 6.04 Å². The zero-order valence-corrected chi connectivity index (χ0v) is 11.6. The molecule has 0 aromatic rings. The minimum Gasteiger partial charge on any atom is -0.468 e. The lowest BCUT2D eigenvalue weighted by molar-refractivity contribution is -0.142. The Kier molecular flexibility index (Phi) is 10.2. The number of hydrogen-bond acceptors (Lipinski definition) is 4. The first-order valence-electron chi connectivity index (χ1n) is 6.71. The summed E-state index contributed by atoms with van der Waals surface area (Å²) in [4.78, 5) is 13.6. The monoisotopic (exact) mass is 244 g/mol. The van der Waals surface area contributed by atoms with Crippen LogP contribution in [0.25, 0.3) is 0 Å². The molecule has 0 aliphatic heterocycles. The molecule has 4 heteroatoms. The second-order valence-corrected chi connectivity index (χ2v) is 4.47. The summed E-state index contributed by atoms with van der Waals surface area (Å²) in [5, 5.41) is 0. The first-order valence-corrected chi connectivity index (χ1v) is 6.71. The van der Waals surface area contributed by atoms with E-state index in [1.165, 1.54) is 20.0 Å². The molecule has 2 N–H and O–H groups in total. The topological polar surface area (TPSA) is 55.6 Å². The van der Waals surface area contributed by atoms with Gasteiger partial charge in [-0.05, 0) is 45.3 Å². The lowest BCUT2D eigenvalue weighted by Gasteiger charge is -2.20. The molecule has 4 nitrogen and oxygen atoms in total. The maximum Gasteiger partial charge on any atom is 0.322 e. The van der Waals surface area contributed by atoms with Crippen molar-refractivity contribution in [1.29, 1.82) is 0 Å². The van der Waals surface area contributed by atoms with Crippen molar-refractivity contribution in [3.63, 3.8) is 0 Å². The molecule has 0 aliphatic rings. The predicted octanol–water partition coefficient (Wildman–Crippen LogP) is 1.78. The molecule has 0 aromatic heterocycles.